The number of benzene rings is 1. The van der Waals surface area contributed by atoms with Crippen LogP contribution in [-0.4, -0.2) is 43.2 Å². The van der Waals surface area contributed by atoms with E-state index < -0.39 is 0 Å². The summed E-state index contributed by atoms with van der Waals surface area (Å²) in [7, 11) is 3.45. The Bertz CT molecular complexity index is 433. The predicted octanol–water partition coefficient (Wildman–Crippen LogP) is 1.60. The number of esters is 1. The topological polar surface area (TPSA) is 49.8 Å². The largest absolute Gasteiger partial charge is 0.508 e. The fraction of sp³-hybridized carbons (Fsp3) is 0.500. The lowest BCUT2D eigenvalue weighted by molar-refractivity contribution is -0.147. The molecule has 0 spiro atoms. The quantitative estimate of drug-likeness (QED) is 0.809. The van der Waals surface area contributed by atoms with Gasteiger partial charge in [0, 0.05) is 12.5 Å². The van der Waals surface area contributed by atoms with E-state index in [9.17, 15) is 9.90 Å². The van der Waals surface area contributed by atoms with Gasteiger partial charge in [-0.3, -0.25) is 4.79 Å². The molecule has 1 aromatic carbocycles. The molecule has 0 aliphatic carbocycles. The lowest BCUT2D eigenvalue weighted by Crippen LogP contribution is -2.40. The molecule has 1 saturated heterocycles. The van der Waals surface area contributed by atoms with Gasteiger partial charge < -0.3 is 14.7 Å². The van der Waals surface area contributed by atoms with Crippen LogP contribution in [0, 0.1) is 5.92 Å². The van der Waals surface area contributed by atoms with Gasteiger partial charge in [0.15, 0.2) is 0 Å². The lowest BCUT2D eigenvalue weighted by atomic mass is 9.80. The van der Waals surface area contributed by atoms with Gasteiger partial charge in [0.05, 0.1) is 13.0 Å². The van der Waals surface area contributed by atoms with Crippen molar-refractivity contribution in [2.75, 3.05) is 27.2 Å². The summed E-state index contributed by atoms with van der Waals surface area (Å²) in [4.78, 5) is 14.0. The van der Waals surface area contributed by atoms with E-state index in [1.165, 1.54) is 7.11 Å². The van der Waals surface area contributed by atoms with Gasteiger partial charge in [0.1, 0.15) is 5.75 Å². The number of carbonyl (C=O) groups is 1. The van der Waals surface area contributed by atoms with E-state index in [2.05, 4.69) is 4.90 Å². The van der Waals surface area contributed by atoms with E-state index in [4.69, 9.17) is 4.74 Å². The van der Waals surface area contributed by atoms with Crippen LogP contribution in [0.25, 0.3) is 0 Å². The number of aromatic hydroxyl groups is 1. The fourth-order valence-corrected chi connectivity index (χ4v) is 2.66. The molecule has 0 saturated carbocycles. The molecule has 18 heavy (non-hydrogen) atoms. The van der Waals surface area contributed by atoms with Crippen LogP contribution in [0.4, 0.5) is 0 Å². The summed E-state index contributed by atoms with van der Waals surface area (Å²) >= 11 is 0. The van der Waals surface area contributed by atoms with E-state index in [1.54, 1.807) is 12.1 Å². The van der Waals surface area contributed by atoms with Gasteiger partial charge in [0.25, 0.3) is 0 Å². The molecule has 1 fully saturated rings. The third-order valence-corrected chi connectivity index (χ3v) is 3.66. The molecule has 1 aliphatic rings. The number of carbonyl (C=O) groups excluding carboxylic acids is 1. The summed E-state index contributed by atoms with van der Waals surface area (Å²) in [6.07, 6.45) is 0.766. The van der Waals surface area contributed by atoms with E-state index >= 15 is 0 Å². The van der Waals surface area contributed by atoms with Crippen LogP contribution in [0.15, 0.2) is 24.3 Å². The van der Waals surface area contributed by atoms with Crippen molar-refractivity contribution in [2.45, 2.75) is 12.3 Å². The Morgan fingerprint density at radius 3 is 2.83 bits per heavy atom. The van der Waals surface area contributed by atoms with Gasteiger partial charge in [-0.1, -0.05) is 18.2 Å². The van der Waals surface area contributed by atoms with Gasteiger partial charge in [-0.15, -0.1) is 0 Å². The van der Waals surface area contributed by atoms with Crippen molar-refractivity contribution in [3.63, 3.8) is 0 Å². The minimum absolute atomic E-state index is 0.00241. The van der Waals surface area contributed by atoms with Gasteiger partial charge in [0.2, 0.25) is 0 Å². The van der Waals surface area contributed by atoms with Gasteiger partial charge in [-0.2, -0.15) is 0 Å². The molecule has 0 bridgehead atoms. The summed E-state index contributed by atoms with van der Waals surface area (Å²) in [5.74, 6) is -0.0973. The van der Waals surface area contributed by atoms with Gasteiger partial charge in [-0.25, -0.2) is 0 Å². The number of phenols is 1. The molecule has 1 heterocycles. The number of ether oxygens (including phenoxy) is 1. The molecule has 0 radical (unpaired) electrons. The molecular weight excluding hydrogens is 230 g/mol. The van der Waals surface area contributed by atoms with Crippen molar-refractivity contribution in [1.82, 2.24) is 4.90 Å². The third kappa shape index (κ3) is 2.48. The Hall–Kier alpha value is -1.55. The van der Waals surface area contributed by atoms with Crippen LogP contribution in [-0.2, 0) is 9.53 Å². The zero-order chi connectivity index (χ0) is 13.1. The number of para-hydroxylation sites is 1. The van der Waals surface area contributed by atoms with Crippen LogP contribution in [0.5, 0.6) is 5.75 Å². The van der Waals surface area contributed by atoms with Crippen molar-refractivity contribution in [2.24, 2.45) is 5.92 Å². The molecule has 98 valence electrons. The first kappa shape index (κ1) is 12.9. The number of likely N-dealkylation sites (N-methyl/N-ethyl adjacent to an activating group) is 1. The summed E-state index contributed by atoms with van der Waals surface area (Å²) < 4.78 is 4.88. The maximum Gasteiger partial charge on any atom is 0.309 e. The van der Waals surface area contributed by atoms with E-state index in [0.717, 1.165) is 25.1 Å². The SMILES string of the molecule is COC(=O)C1CCN(C)CC1c1ccccc1O. The van der Waals surface area contributed by atoms with Crippen molar-refractivity contribution < 1.29 is 14.6 Å². The Labute approximate surface area is 107 Å². The molecule has 2 unspecified atom stereocenters. The fourth-order valence-electron chi connectivity index (χ4n) is 2.66. The number of nitrogens with zero attached hydrogens (tertiary/aromatic N) is 1. The Kier molecular flexibility index (Phi) is 3.87. The smallest absolute Gasteiger partial charge is 0.309 e. The van der Waals surface area contributed by atoms with Crippen LogP contribution in [0.1, 0.15) is 17.9 Å². The molecule has 2 rings (SSSR count). The second-order valence-corrected chi connectivity index (χ2v) is 4.85. The molecule has 4 heteroatoms. The average molecular weight is 249 g/mol. The molecule has 4 nitrogen and oxygen atoms in total. The standard InChI is InChI=1S/C14H19NO3/c1-15-8-7-11(14(17)18-2)12(9-15)10-5-3-4-6-13(10)16/h3-6,11-12,16H,7-9H2,1-2H3. The first-order chi connectivity index (χ1) is 8.63. The van der Waals surface area contributed by atoms with Crippen LogP contribution < -0.4 is 0 Å². The molecular formula is C14H19NO3. The Balaban J connectivity index is 2.31. The van der Waals surface area contributed by atoms with Crippen LogP contribution in [0.3, 0.4) is 0 Å². The highest BCUT2D eigenvalue weighted by Gasteiger charge is 2.35. The highest BCUT2D eigenvalue weighted by atomic mass is 16.5. The summed E-state index contributed by atoms with van der Waals surface area (Å²) in [6.45, 7) is 1.64. The first-order valence-corrected chi connectivity index (χ1v) is 6.17. The van der Waals surface area contributed by atoms with Gasteiger partial charge in [-0.05, 0) is 31.6 Å². The van der Waals surface area contributed by atoms with Crippen molar-refractivity contribution in [1.29, 1.82) is 0 Å². The minimum atomic E-state index is -0.184. The minimum Gasteiger partial charge on any atom is -0.508 e. The average Bonchev–Trinajstić information content (AvgIpc) is 2.38. The molecule has 0 aromatic heterocycles. The van der Waals surface area contributed by atoms with Crippen molar-refractivity contribution >= 4 is 5.97 Å². The van der Waals surface area contributed by atoms with Crippen molar-refractivity contribution in [3.8, 4) is 5.75 Å². The van der Waals surface area contributed by atoms with Gasteiger partial charge >= 0.3 is 5.97 Å². The number of hydrogen-bond acceptors (Lipinski definition) is 4. The molecule has 1 aliphatic heterocycles. The molecule has 1 aromatic rings. The summed E-state index contributed by atoms with van der Waals surface area (Å²) in [6, 6.07) is 7.23. The lowest BCUT2D eigenvalue weighted by Gasteiger charge is -2.35. The number of piperidine rings is 1. The number of rotatable bonds is 2. The monoisotopic (exact) mass is 249 g/mol. The Morgan fingerprint density at radius 1 is 1.44 bits per heavy atom. The van der Waals surface area contributed by atoms with E-state index in [0.29, 0.717) is 0 Å². The van der Waals surface area contributed by atoms with Crippen molar-refractivity contribution in [3.05, 3.63) is 29.8 Å². The van der Waals surface area contributed by atoms with Crippen LogP contribution in [0.2, 0.25) is 0 Å². The zero-order valence-corrected chi connectivity index (χ0v) is 10.8. The highest BCUT2D eigenvalue weighted by Crippen LogP contribution is 2.36. The second-order valence-electron chi connectivity index (χ2n) is 4.85. The number of hydrogen-bond donors (Lipinski definition) is 1. The Morgan fingerprint density at radius 2 is 2.17 bits per heavy atom. The van der Waals surface area contributed by atoms with E-state index in [-0.39, 0.29) is 23.6 Å². The van der Waals surface area contributed by atoms with Crippen LogP contribution >= 0.6 is 0 Å². The number of likely N-dealkylation sites (tertiary alicyclic amines) is 1. The summed E-state index contributed by atoms with van der Waals surface area (Å²) in [5, 5.41) is 9.95. The first-order valence-electron chi connectivity index (χ1n) is 6.17. The number of phenolic OH excluding ortho intramolecular Hbond substituents is 1. The normalized spacial score (nSPS) is 24.8. The highest BCUT2D eigenvalue weighted by molar-refractivity contribution is 5.74. The maximum absolute atomic E-state index is 11.8. The number of methoxy groups -OCH3 is 1. The molecule has 2 atom stereocenters. The summed E-state index contributed by atoms with van der Waals surface area (Å²) in [5.41, 5.74) is 0.833. The molecule has 1 N–H and O–H groups in total. The zero-order valence-electron chi connectivity index (χ0n) is 10.8. The molecule has 0 amide bonds. The maximum atomic E-state index is 11.8. The second kappa shape index (κ2) is 5.40. The predicted molar refractivity (Wildman–Crippen MR) is 68.5 cm³/mol. The third-order valence-electron chi connectivity index (χ3n) is 3.66. The van der Waals surface area contributed by atoms with E-state index in [1.807, 2.05) is 19.2 Å².